The molecule has 1 aliphatic rings. The molecule has 0 spiro atoms. The van der Waals surface area contributed by atoms with E-state index in [4.69, 9.17) is 21.1 Å². The number of benzene rings is 2. The Kier molecular flexibility index (Phi) is 7.10. The zero-order valence-corrected chi connectivity index (χ0v) is 16.2. The van der Waals surface area contributed by atoms with Crippen LogP contribution in [-0.4, -0.2) is 49.8 Å². The molecule has 2 aromatic carbocycles. The largest absolute Gasteiger partial charge is 0.481 e. The van der Waals surface area contributed by atoms with Crippen molar-refractivity contribution in [1.82, 2.24) is 10.2 Å². The molecule has 5 nitrogen and oxygen atoms in total. The molecule has 0 bridgehead atoms. The van der Waals surface area contributed by atoms with Crippen LogP contribution in [0.2, 0.25) is 5.02 Å². The minimum Gasteiger partial charge on any atom is -0.481 e. The highest BCUT2D eigenvalue weighted by Crippen LogP contribution is 2.19. The van der Waals surface area contributed by atoms with E-state index in [0.717, 1.165) is 38.4 Å². The van der Waals surface area contributed by atoms with E-state index >= 15 is 0 Å². The van der Waals surface area contributed by atoms with Crippen molar-refractivity contribution in [2.24, 2.45) is 0 Å². The van der Waals surface area contributed by atoms with Crippen molar-refractivity contribution < 1.29 is 14.3 Å². The zero-order chi connectivity index (χ0) is 19.1. The number of nitrogens with zero attached hydrogens (tertiary/aromatic N) is 1. The second-order valence-corrected chi connectivity index (χ2v) is 7.04. The van der Waals surface area contributed by atoms with E-state index in [1.807, 2.05) is 30.3 Å². The van der Waals surface area contributed by atoms with Gasteiger partial charge in [-0.1, -0.05) is 48.0 Å². The van der Waals surface area contributed by atoms with Crippen LogP contribution in [0.15, 0.2) is 54.6 Å². The van der Waals surface area contributed by atoms with Crippen LogP contribution in [0.25, 0.3) is 0 Å². The van der Waals surface area contributed by atoms with Crippen LogP contribution >= 0.6 is 11.6 Å². The van der Waals surface area contributed by atoms with Gasteiger partial charge in [-0.25, -0.2) is 0 Å². The molecule has 1 heterocycles. The minimum absolute atomic E-state index is 0.109. The van der Waals surface area contributed by atoms with Crippen molar-refractivity contribution in [3.63, 3.8) is 0 Å². The maximum atomic E-state index is 12.7. The summed E-state index contributed by atoms with van der Waals surface area (Å²) < 4.78 is 11.2. The lowest BCUT2D eigenvalue weighted by molar-refractivity contribution is -0.128. The molecule has 1 saturated heterocycles. The molecule has 1 amide bonds. The highest BCUT2D eigenvalue weighted by molar-refractivity contribution is 6.30. The predicted octanol–water partition coefficient (Wildman–Crippen LogP) is 3.30. The van der Waals surface area contributed by atoms with E-state index in [-0.39, 0.29) is 11.9 Å². The van der Waals surface area contributed by atoms with Gasteiger partial charge in [0.2, 0.25) is 0 Å². The molecule has 1 fully saturated rings. The van der Waals surface area contributed by atoms with Crippen molar-refractivity contribution in [3.8, 4) is 5.75 Å². The van der Waals surface area contributed by atoms with Crippen LogP contribution in [0.1, 0.15) is 18.5 Å². The summed E-state index contributed by atoms with van der Waals surface area (Å²) in [5.41, 5.74) is 1.08. The monoisotopic (exact) mass is 388 g/mol. The molecule has 3 rings (SSSR count). The number of ether oxygens (including phenoxy) is 2. The maximum Gasteiger partial charge on any atom is 0.261 e. The normalized spacial score (nSPS) is 17.1. The van der Waals surface area contributed by atoms with E-state index in [2.05, 4.69) is 10.2 Å². The Morgan fingerprint density at radius 3 is 2.63 bits per heavy atom. The third-order valence-corrected chi connectivity index (χ3v) is 4.78. The zero-order valence-electron chi connectivity index (χ0n) is 15.4. The van der Waals surface area contributed by atoms with Gasteiger partial charge in [0.1, 0.15) is 5.75 Å². The Bertz CT molecular complexity index is 735. The van der Waals surface area contributed by atoms with Crippen molar-refractivity contribution in [3.05, 3.63) is 65.2 Å². The predicted molar refractivity (Wildman–Crippen MR) is 106 cm³/mol. The third kappa shape index (κ3) is 5.96. The fourth-order valence-corrected chi connectivity index (χ4v) is 3.23. The Balaban J connectivity index is 1.65. The number of rotatable bonds is 7. The van der Waals surface area contributed by atoms with Gasteiger partial charge in [0.15, 0.2) is 6.10 Å². The molecule has 0 aliphatic carbocycles. The Morgan fingerprint density at radius 2 is 1.93 bits per heavy atom. The molecule has 0 aromatic heterocycles. The van der Waals surface area contributed by atoms with Crippen LogP contribution in [0.5, 0.6) is 5.75 Å². The first-order valence-corrected chi connectivity index (χ1v) is 9.57. The lowest BCUT2D eigenvalue weighted by Gasteiger charge is -2.31. The number of hydrogen-bond donors (Lipinski definition) is 1. The molecule has 0 radical (unpaired) electrons. The third-order valence-electron chi connectivity index (χ3n) is 4.54. The summed E-state index contributed by atoms with van der Waals surface area (Å²) >= 11 is 5.98. The van der Waals surface area contributed by atoms with Gasteiger partial charge in [0.05, 0.1) is 19.3 Å². The van der Waals surface area contributed by atoms with Crippen molar-refractivity contribution in [2.45, 2.75) is 19.1 Å². The number of amides is 1. The second kappa shape index (κ2) is 9.74. The van der Waals surface area contributed by atoms with Gasteiger partial charge >= 0.3 is 0 Å². The summed E-state index contributed by atoms with van der Waals surface area (Å²) in [4.78, 5) is 15.1. The number of morpholine rings is 1. The van der Waals surface area contributed by atoms with E-state index in [1.54, 1.807) is 31.2 Å². The van der Waals surface area contributed by atoms with Crippen molar-refractivity contribution in [2.75, 3.05) is 32.8 Å². The number of hydrogen-bond acceptors (Lipinski definition) is 4. The van der Waals surface area contributed by atoms with Gasteiger partial charge in [-0.3, -0.25) is 9.69 Å². The Hall–Kier alpha value is -2.08. The summed E-state index contributed by atoms with van der Waals surface area (Å²) in [6, 6.07) is 17.0. The molecule has 0 saturated carbocycles. The fraction of sp³-hybridized carbons (Fsp3) is 0.381. The molecule has 27 heavy (non-hydrogen) atoms. The number of carbonyl (C=O) groups excluding carboxylic acids is 1. The summed E-state index contributed by atoms with van der Waals surface area (Å²) in [5, 5.41) is 3.71. The molecule has 1 aliphatic heterocycles. The number of nitrogens with one attached hydrogen (secondary N) is 1. The molecule has 2 unspecified atom stereocenters. The van der Waals surface area contributed by atoms with Gasteiger partial charge in [0, 0.05) is 24.7 Å². The van der Waals surface area contributed by atoms with E-state index < -0.39 is 6.10 Å². The summed E-state index contributed by atoms with van der Waals surface area (Å²) in [5.74, 6) is 0.423. The topological polar surface area (TPSA) is 50.8 Å². The van der Waals surface area contributed by atoms with Crippen LogP contribution < -0.4 is 10.1 Å². The maximum absolute atomic E-state index is 12.7. The molecule has 6 heteroatoms. The van der Waals surface area contributed by atoms with Gasteiger partial charge in [-0.2, -0.15) is 0 Å². The second-order valence-electron chi connectivity index (χ2n) is 6.60. The number of halogens is 1. The van der Waals surface area contributed by atoms with Gasteiger partial charge in [-0.15, -0.1) is 0 Å². The lowest BCUT2D eigenvalue weighted by atomic mass is 10.1. The van der Waals surface area contributed by atoms with Crippen LogP contribution in [-0.2, 0) is 9.53 Å². The van der Waals surface area contributed by atoms with Gasteiger partial charge in [-0.05, 0) is 30.7 Å². The summed E-state index contributed by atoms with van der Waals surface area (Å²) in [6.45, 7) is 5.67. The Labute approximate surface area is 165 Å². The average Bonchev–Trinajstić information content (AvgIpc) is 2.69. The first-order chi connectivity index (χ1) is 13.1. The number of carbonyl (C=O) groups is 1. The standard InChI is InChI=1S/C21H25ClN2O3/c1-16(27-19-9-5-8-18(22)14-19)21(25)23-20(17-6-3-2-4-7-17)15-24-10-12-26-13-11-24/h2-9,14,16,20H,10-13,15H2,1H3,(H,23,25). The Morgan fingerprint density at radius 1 is 1.19 bits per heavy atom. The van der Waals surface area contributed by atoms with E-state index in [9.17, 15) is 4.79 Å². The lowest BCUT2D eigenvalue weighted by Crippen LogP contribution is -2.45. The molecule has 1 N–H and O–H groups in total. The van der Waals surface area contributed by atoms with E-state index in [1.165, 1.54) is 0 Å². The van der Waals surface area contributed by atoms with E-state index in [0.29, 0.717) is 10.8 Å². The highest BCUT2D eigenvalue weighted by atomic mass is 35.5. The molecule has 2 aromatic rings. The van der Waals surface area contributed by atoms with Crippen LogP contribution in [0.4, 0.5) is 0 Å². The smallest absolute Gasteiger partial charge is 0.261 e. The van der Waals surface area contributed by atoms with Crippen molar-refractivity contribution >= 4 is 17.5 Å². The van der Waals surface area contributed by atoms with Crippen LogP contribution in [0.3, 0.4) is 0 Å². The average molecular weight is 389 g/mol. The molecule has 144 valence electrons. The van der Waals surface area contributed by atoms with Crippen molar-refractivity contribution in [1.29, 1.82) is 0 Å². The molecule has 2 atom stereocenters. The SMILES string of the molecule is CC(Oc1cccc(Cl)c1)C(=O)NC(CN1CCOCC1)c1ccccc1. The molecular weight excluding hydrogens is 364 g/mol. The first-order valence-electron chi connectivity index (χ1n) is 9.19. The summed E-state index contributed by atoms with van der Waals surface area (Å²) in [6.07, 6.45) is -0.626. The molecular formula is C21H25ClN2O3. The highest BCUT2D eigenvalue weighted by Gasteiger charge is 2.23. The minimum atomic E-state index is -0.626. The quantitative estimate of drug-likeness (QED) is 0.790. The van der Waals surface area contributed by atoms with Gasteiger partial charge in [0.25, 0.3) is 5.91 Å². The fourth-order valence-electron chi connectivity index (χ4n) is 3.05. The van der Waals surface area contributed by atoms with Crippen LogP contribution in [0, 0.1) is 0 Å². The first kappa shape index (κ1) is 19.7. The van der Waals surface area contributed by atoms with Gasteiger partial charge < -0.3 is 14.8 Å². The summed E-state index contributed by atoms with van der Waals surface area (Å²) in [7, 11) is 0.